The lowest BCUT2D eigenvalue weighted by Gasteiger charge is -2.29. The highest BCUT2D eigenvalue weighted by molar-refractivity contribution is 5.89. The van der Waals surface area contributed by atoms with Crippen LogP contribution in [-0.2, 0) is 28.8 Å². The average Bonchev–Trinajstić information content (AvgIpc) is 3.16. The molecule has 1 amide bonds. The van der Waals surface area contributed by atoms with E-state index in [0.717, 1.165) is 29.3 Å². The molecule has 4 heteroatoms. The van der Waals surface area contributed by atoms with Gasteiger partial charge in [0.25, 0.3) is 0 Å². The van der Waals surface area contributed by atoms with Crippen molar-refractivity contribution in [1.82, 2.24) is 10.3 Å². The Balaban J connectivity index is 1.52. The molecule has 0 atom stereocenters. The third-order valence-corrected chi connectivity index (χ3v) is 5.03. The number of hydrogen-bond acceptors (Lipinski definition) is 2. The number of ether oxygens (including phenoxy) is 1. The van der Waals surface area contributed by atoms with E-state index in [1.807, 2.05) is 30.5 Å². The fraction of sp³-hybridized carbons (Fsp3) is 0.286. The summed E-state index contributed by atoms with van der Waals surface area (Å²) in [5.74, 6) is 0.0367. The maximum atomic E-state index is 12.8. The van der Waals surface area contributed by atoms with E-state index in [4.69, 9.17) is 4.74 Å². The fourth-order valence-electron chi connectivity index (χ4n) is 3.99. The van der Waals surface area contributed by atoms with E-state index in [2.05, 4.69) is 34.6 Å². The van der Waals surface area contributed by atoms with Crippen molar-refractivity contribution in [3.63, 3.8) is 0 Å². The molecule has 1 heterocycles. The van der Waals surface area contributed by atoms with E-state index < -0.39 is 0 Å². The standard InChI is InChI=1S/C21H22N2O2/c1-25-14-21(11-15-6-2-3-7-16(15)12-21)23-20(24)10-17-13-22-19-9-5-4-8-18(17)19/h2-9,13,22H,10-12,14H2,1H3,(H,23,24). The first kappa shape index (κ1) is 15.9. The minimum Gasteiger partial charge on any atom is -0.382 e. The number of rotatable bonds is 5. The van der Waals surface area contributed by atoms with Gasteiger partial charge < -0.3 is 15.0 Å². The van der Waals surface area contributed by atoms with Gasteiger partial charge in [-0.05, 0) is 35.6 Å². The molecule has 2 aromatic carbocycles. The fourth-order valence-corrected chi connectivity index (χ4v) is 3.99. The van der Waals surface area contributed by atoms with Gasteiger partial charge in [-0.1, -0.05) is 42.5 Å². The summed E-state index contributed by atoms with van der Waals surface area (Å²) >= 11 is 0. The number of methoxy groups -OCH3 is 1. The van der Waals surface area contributed by atoms with Crippen LogP contribution in [0.15, 0.2) is 54.7 Å². The first-order chi connectivity index (χ1) is 12.2. The van der Waals surface area contributed by atoms with Crippen LogP contribution in [0.5, 0.6) is 0 Å². The number of aromatic amines is 1. The zero-order valence-corrected chi connectivity index (χ0v) is 14.3. The minimum atomic E-state index is -0.346. The van der Waals surface area contributed by atoms with Crippen LogP contribution in [0.25, 0.3) is 10.9 Å². The maximum absolute atomic E-state index is 12.8. The highest BCUT2D eigenvalue weighted by atomic mass is 16.5. The summed E-state index contributed by atoms with van der Waals surface area (Å²) in [4.78, 5) is 16.0. The molecular formula is C21H22N2O2. The number of amides is 1. The summed E-state index contributed by atoms with van der Waals surface area (Å²) in [5.41, 5.74) is 4.34. The first-order valence-electron chi connectivity index (χ1n) is 8.61. The molecule has 2 N–H and O–H groups in total. The molecular weight excluding hydrogens is 312 g/mol. The third kappa shape index (κ3) is 3.05. The van der Waals surface area contributed by atoms with Crippen molar-refractivity contribution < 1.29 is 9.53 Å². The molecule has 0 radical (unpaired) electrons. The number of para-hydroxylation sites is 1. The van der Waals surface area contributed by atoms with Gasteiger partial charge in [-0.3, -0.25) is 4.79 Å². The third-order valence-electron chi connectivity index (χ3n) is 5.03. The van der Waals surface area contributed by atoms with Crippen molar-refractivity contribution >= 4 is 16.8 Å². The van der Waals surface area contributed by atoms with Gasteiger partial charge >= 0.3 is 0 Å². The molecule has 4 rings (SSSR count). The topological polar surface area (TPSA) is 54.1 Å². The Labute approximate surface area is 147 Å². The van der Waals surface area contributed by atoms with Crippen LogP contribution in [-0.4, -0.2) is 30.1 Å². The number of benzene rings is 2. The van der Waals surface area contributed by atoms with Gasteiger partial charge in [-0.15, -0.1) is 0 Å². The van der Waals surface area contributed by atoms with Crippen molar-refractivity contribution in [2.45, 2.75) is 24.8 Å². The highest BCUT2D eigenvalue weighted by Gasteiger charge is 2.38. The second-order valence-electron chi connectivity index (χ2n) is 6.92. The van der Waals surface area contributed by atoms with Gasteiger partial charge in [-0.25, -0.2) is 0 Å². The van der Waals surface area contributed by atoms with E-state index in [1.165, 1.54) is 11.1 Å². The minimum absolute atomic E-state index is 0.0367. The molecule has 0 saturated heterocycles. The predicted molar refractivity (Wildman–Crippen MR) is 98.6 cm³/mol. The SMILES string of the molecule is COCC1(NC(=O)Cc2c[nH]c3ccccc23)Cc2ccccc2C1. The lowest BCUT2D eigenvalue weighted by atomic mass is 9.96. The smallest absolute Gasteiger partial charge is 0.225 e. The molecule has 4 nitrogen and oxygen atoms in total. The molecule has 0 bridgehead atoms. The summed E-state index contributed by atoms with van der Waals surface area (Å²) in [6.07, 6.45) is 3.93. The maximum Gasteiger partial charge on any atom is 0.225 e. The number of H-pyrrole nitrogens is 1. The molecule has 3 aromatic rings. The Morgan fingerprint density at radius 1 is 1.12 bits per heavy atom. The van der Waals surface area contributed by atoms with Crippen LogP contribution in [0.3, 0.4) is 0 Å². The van der Waals surface area contributed by atoms with Crippen LogP contribution >= 0.6 is 0 Å². The van der Waals surface area contributed by atoms with Crippen molar-refractivity contribution in [1.29, 1.82) is 0 Å². The van der Waals surface area contributed by atoms with E-state index in [9.17, 15) is 4.79 Å². The number of carbonyl (C=O) groups excluding carboxylic acids is 1. The van der Waals surface area contributed by atoms with Crippen LogP contribution in [0.2, 0.25) is 0 Å². The summed E-state index contributed by atoms with van der Waals surface area (Å²) in [6, 6.07) is 16.4. The molecule has 128 valence electrons. The summed E-state index contributed by atoms with van der Waals surface area (Å²) in [5, 5.41) is 4.37. The zero-order valence-electron chi connectivity index (χ0n) is 14.3. The number of carbonyl (C=O) groups is 1. The van der Waals surface area contributed by atoms with E-state index in [0.29, 0.717) is 13.0 Å². The van der Waals surface area contributed by atoms with Gasteiger partial charge in [0.05, 0.1) is 18.6 Å². The van der Waals surface area contributed by atoms with Crippen LogP contribution in [0, 0.1) is 0 Å². The van der Waals surface area contributed by atoms with Gasteiger partial charge in [0.2, 0.25) is 5.91 Å². The Bertz CT molecular complexity index is 888. The summed E-state index contributed by atoms with van der Waals surface area (Å²) in [6.45, 7) is 0.515. The van der Waals surface area contributed by atoms with Crippen LogP contribution in [0.4, 0.5) is 0 Å². The number of fused-ring (bicyclic) bond motifs is 2. The van der Waals surface area contributed by atoms with Crippen molar-refractivity contribution in [2.24, 2.45) is 0 Å². The first-order valence-corrected chi connectivity index (χ1v) is 8.61. The molecule has 1 aromatic heterocycles. The highest BCUT2D eigenvalue weighted by Crippen LogP contribution is 2.30. The van der Waals surface area contributed by atoms with E-state index in [-0.39, 0.29) is 11.4 Å². The van der Waals surface area contributed by atoms with Gasteiger partial charge in [0, 0.05) is 24.2 Å². The Hall–Kier alpha value is -2.59. The Morgan fingerprint density at radius 2 is 1.80 bits per heavy atom. The molecule has 25 heavy (non-hydrogen) atoms. The summed E-state index contributed by atoms with van der Waals surface area (Å²) < 4.78 is 5.45. The molecule has 0 saturated carbocycles. The van der Waals surface area contributed by atoms with Crippen molar-refractivity contribution in [3.8, 4) is 0 Å². The normalized spacial score (nSPS) is 15.2. The summed E-state index contributed by atoms with van der Waals surface area (Å²) in [7, 11) is 1.69. The van der Waals surface area contributed by atoms with Crippen molar-refractivity contribution in [2.75, 3.05) is 13.7 Å². The lowest BCUT2D eigenvalue weighted by molar-refractivity contribution is -0.123. The molecule has 0 spiro atoms. The Kier molecular flexibility index (Phi) is 4.06. The van der Waals surface area contributed by atoms with Gasteiger partial charge in [0.1, 0.15) is 0 Å². The predicted octanol–water partition coefficient (Wildman–Crippen LogP) is 3.01. The number of hydrogen-bond donors (Lipinski definition) is 2. The average molecular weight is 334 g/mol. The largest absolute Gasteiger partial charge is 0.382 e. The molecule has 0 fully saturated rings. The van der Waals surface area contributed by atoms with E-state index >= 15 is 0 Å². The second-order valence-corrected chi connectivity index (χ2v) is 6.92. The number of nitrogens with one attached hydrogen (secondary N) is 2. The van der Waals surface area contributed by atoms with Gasteiger partial charge in [-0.2, -0.15) is 0 Å². The lowest BCUT2D eigenvalue weighted by Crippen LogP contribution is -2.53. The van der Waals surface area contributed by atoms with Crippen LogP contribution in [0.1, 0.15) is 16.7 Å². The molecule has 0 aliphatic heterocycles. The molecule has 1 aliphatic carbocycles. The monoisotopic (exact) mass is 334 g/mol. The number of aromatic nitrogens is 1. The Morgan fingerprint density at radius 3 is 2.52 bits per heavy atom. The molecule has 1 aliphatic rings. The van der Waals surface area contributed by atoms with Gasteiger partial charge in [0.15, 0.2) is 0 Å². The van der Waals surface area contributed by atoms with Crippen LogP contribution < -0.4 is 5.32 Å². The van der Waals surface area contributed by atoms with Crippen molar-refractivity contribution in [3.05, 3.63) is 71.4 Å². The second kappa shape index (κ2) is 6.37. The van der Waals surface area contributed by atoms with E-state index in [1.54, 1.807) is 7.11 Å². The zero-order chi connectivity index (χ0) is 17.3. The molecule has 0 unspecified atom stereocenters. The quantitative estimate of drug-likeness (QED) is 0.754.